The highest BCUT2D eigenvalue weighted by Gasteiger charge is 2.51. The van der Waals surface area contributed by atoms with Gasteiger partial charge in [-0.3, -0.25) is 0 Å². The minimum Gasteiger partial charge on any atom is -0.0873 e. The number of rotatable bonds is 2. The van der Waals surface area contributed by atoms with Crippen molar-refractivity contribution in [2.24, 2.45) is 0 Å². The summed E-state index contributed by atoms with van der Waals surface area (Å²) in [5.74, 6) is 0. The van der Waals surface area contributed by atoms with Gasteiger partial charge in [-0.05, 0) is 64.8 Å². The lowest BCUT2D eigenvalue weighted by Crippen LogP contribution is -2.26. The van der Waals surface area contributed by atoms with Crippen LogP contribution in [0.25, 0.3) is 16.7 Å². The van der Waals surface area contributed by atoms with Gasteiger partial charge < -0.3 is 0 Å². The zero-order valence-corrected chi connectivity index (χ0v) is 16.2. The van der Waals surface area contributed by atoms with Crippen LogP contribution in [0.3, 0.4) is 0 Å². The first-order chi connectivity index (χ1) is 13.2. The summed E-state index contributed by atoms with van der Waals surface area (Å²) in [4.78, 5) is 0. The van der Waals surface area contributed by atoms with Crippen molar-refractivity contribution >= 4 is 5.57 Å². The quantitative estimate of drug-likeness (QED) is 0.465. The van der Waals surface area contributed by atoms with Crippen LogP contribution < -0.4 is 0 Å². The van der Waals surface area contributed by atoms with Gasteiger partial charge in [0.25, 0.3) is 0 Å². The van der Waals surface area contributed by atoms with Crippen LogP contribution in [0.5, 0.6) is 0 Å². The van der Waals surface area contributed by atoms with E-state index in [1.165, 1.54) is 50.1 Å². The van der Waals surface area contributed by atoms with Crippen LogP contribution in [0.2, 0.25) is 0 Å². The Morgan fingerprint density at radius 2 is 1.41 bits per heavy atom. The Kier molecular flexibility index (Phi) is 3.52. The van der Waals surface area contributed by atoms with E-state index in [1.54, 1.807) is 0 Å². The van der Waals surface area contributed by atoms with Gasteiger partial charge in [0.2, 0.25) is 0 Å². The minimum atomic E-state index is -0.186. The molecular weight excluding hydrogens is 324 g/mol. The van der Waals surface area contributed by atoms with Crippen LogP contribution in [0.15, 0.2) is 84.5 Å². The zero-order valence-electron chi connectivity index (χ0n) is 16.2. The molecule has 0 nitrogen and oxygen atoms in total. The Morgan fingerprint density at radius 1 is 0.778 bits per heavy atom. The second kappa shape index (κ2) is 5.82. The third-order valence-corrected chi connectivity index (χ3v) is 6.27. The summed E-state index contributed by atoms with van der Waals surface area (Å²) in [6.07, 6.45) is 5.60. The number of benzene rings is 3. The van der Waals surface area contributed by atoms with Crippen molar-refractivity contribution in [3.8, 4) is 11.1 Å². The molecule has 0 N–H and O–H groups in total. The topological polar surface area (TPSA) is 0 Å². The van der Waals surface area contributed by atoms with E-state index in [1.807, 2.05) is 0 Å². The minimum absolute atomic E-state index is 0.186. The molecule has 0 aromatic heterocycles. The number of hydrogen-bond acceptors (Lipinski definition) is 0. The van der Waals surface area contributed by atoms with Crippen LogP contribution in [0, 0.1) is 6.92 Å². The van der Waals surface area contributed by atoms with Crippen LogP contribution in [0.1, 0.15) is 48.1 Å². The maximum absolute atomic E-state index is 2.36. The molecule has 0 aliphatic heterocycles. The highest BCUT2D eigenvalue weighted by molar-refractivity contribution is 5.95. The molecule has 27 heavy (non-hydrogen) atoms. The third-order valence-electron chi connectivity index (χ3n) is 6.27. The van der Waals surface area contributed by atoms with E-state index in [0.29, 0.717) is 0 Å². The second-order valence-electron chi connectivity index (χ2n) is 7.64. The lowest BCUT2D eigenvalue weighted by Gasteiger charge is -2.31. The number of fused-ring (bicyclic) bond motifs is 7. The Balaban J connectivity index is 2.01. The van der Waals surface area contributed by atoms with Gasteiger partial charge in [0.1, 0.15) is 0 Å². The molecule has 0 fully saturated rings. The zero-order chi connectivity index (χ0) is 18.6. The van der Waals surface area contributed by atoms with E-state index in [0.717, 1.165) is 6.42 Å². The highest BCUT2D eigenvalue weighted by atomic mass is 14.5. The van der Waals surface area contributed by atoms with Crippen LogP contribution in [-0.4, -0.2) is 0 Å². The Morgan fingerprint density at radius 3 is 2.11 bits per heavy atom. The molecule has 0 radical (unpaired) electrons. The summed E-state index contributed by atoms with van der Waals surface area (Å²) >= 11 is 0. The van der Waals surface area contributed by atoms with Crippen LogP contribution >= 0.6 is 0 Å². The number of aryl methyl sites for hydroxylation is 1. The molecule has 132 valence electrons. The molecule has 3 aromatic rings. The molecule has 1 atom stereocenters. The summed E-state index contributed by atoms with van der Waals surface area (Å²) in [5, 5.41) is 0. The predicted octanol–water partition coefficient (Wildman–Crippen LogP) is 7.06. The maximum Gasteiger partial charge on any atom is 0.0722 e. The molecule has 0 saturated heterocycles. The first kappa shape index (κ1) is 16.3. The molecule has 0 heterocycles. The molecule has 0 amide bonds. The first-order valence-corrected chi connectivity index (χ1v) is 9.90. The van der Waals surface area contributed by atoms with Gasteiger partial charge in [0, 0.05) is 0 Å². The first-order valence-electron chi connectivity index (χ1n) is 9.90. The standard InChI is InChI=1S/C27H24/c1-4-10-23-19(5-2)20-11-6-8-13-24(20)27(23)25-14-9-7-12-21(25)22-17-18(3)15-16-26(22)27/h4,6-17H,5H2,1-3H3/b10-4-. The normalized spacial score (nSPS) is 19.7. The van der Waals surface area contributed by atoms with Gasteiger partial charge in [-0.2, -0.15) is 0 Å². The van der Waals surface area contributed by atoms with Crippen molar-refractivity contribution in [2.45, 2.75) is 32.6 Å². The Bertz CT molecular complexity index is 1130. The highest BCUT2D eigenvalue weighted by Crippen LogP contribution is 2.62. The molecule has 2 aliphatic rings. The van der Waals surface area contributed by atoms with Crippen molar-refractivity contribution in [3.63, 3.8) is 0 Å². The average molecular weight is 348 g/mol. The summed E-state index contributed by atoms with van der Waals surface area (Å²) in [6, 6.07) is 25.0. The fourth-order valence-electron chi connectivity index (χ4n) is 5.34. The van der Waals surface area contributed by atoms with Crippen molar-refractivity contribution in [3.05, 3.63) is 112 Å². The maximum atomic E-state index is 2.36. The Labute approximate surface area is 161 Å². The van der Waals surface area contributed by atoms with E-state index >= 15 is 0 Å². The summed E-state index contributed by atoms with van der Waals surface area (Å²) in [7, 11) is 0. The van der Waals surface area contributed by atoms with E-state index < -0.39 is 0 Å². The van der Waals surface area contributed by atoms with Gasteiger partial charge in [0.05, 0.1) is 5.41 Å². The van der Waals surface area contributed by atoms with Gasteiger partial charge in [-0.25, -0.2) is 0 Å². The number of allylic oxidation sites excluding steroid dienone is 4. The Hall–Kier alpha value is -2.86. The van der Waals surface area contributed by atoms with Gasteiger partial charge in [-0.1, -0.05) is 91.4 Å². The molecule has 0 saturated carbocycles. The molecular formula is C27H24. The number of hydrogen-bond donors (Lipinski definition) is 0. The second-order valence-corrected chi connectivity index (χ2v) is 7.64. The van der Waals surface area contributed by atoms with E-state index in [-0.39, 0.29) is 5.41 Å². The predicted molar refractivity (Wildman–Crippen MR) is 115 cm³/mol. The van der Waals surface area contributed by atoms with E-state index in [2.05, 4.69) is 99.7 Å². The molecule has 1 spiro atoms. The van der Waals surface area contributed by atoms with Crippen molar-refractivity contribution in [2.75, 3.05) is 0 Å². The van der Waals surface area contributed by atoms with E-state index in [9.17, 15) is 0 Å². The van der Waals surface area contributed by atoms with Crippen LogP contribution in [-0.2, 0) is 5.41 Å². The SMILES string of the molecule is C/C=C\C1=C(CC)c2ccccc2C12c1ccccc1-c1cc(C)ccc12. The van der Waals surface area contributed by atoms with E-state index in [4.69, 9.17) is 0 Å². The summed E-state index contributed by atoms with van der Waals surface area (Å²) in [5.41, 5.74) is 12.5. The van der Waals surface area contributed by atoms with Gasteiger partial charge >= 0.3 is 0 Å². The summed E-state index contributed by atoms with van der Waals surface area (Å²) in [6.45, 7) is 6.61. The fraction of sp³-hybridized carbons (Fsp3) is 0.185. The monoisotopic (exact) mass is 348 g/mol. The van der Waals surface area contributed by atoms with Crippen molar-refractivity contribution < 1.29 is 0 Å². The molecule has 3 aromatic carbocycles. The summed E-state index contributed by atoms with van der Waals surface area (Å²) < 4.78 is 0. The molecule has 1 unspecified atom stereocenters. The largest absolute Gasteiger partial charge is 0.0873 e. The van der Waals surface area contributed by atoms with Gasteiger partial charge in [0.15, 0.2) is 0 Å². The third kappa shape index (κ3) is 1.93. The molecule has 2 aliphatic carbocycles. The lowest BCUT2D eigenvalue weighted by atomic mass is 9.69. The van der Waals surface area contributed by atoms with Gasteiger partial charge in [-0.15, -0.1) is 0 Å². The molecule has 0 bridgehead atoms. The lowest BCUT2D eigenvalue weighted by molar-refractivity contribution is 0.784. The van der Waals surface area contributed by atoms with Crippen LogP contribution in [0.4, 0.5) is 0 Å². The fourth-order valence-corrected chi connectivity index (χ4v) is 5.34. The van der Waals surface area contributed by atoms with Crippen molar-refractivity contribution in [1.29, 1.82) is 0 Å². The molecule has 0 heteroatoms. The van der Waals surface area contributed by atoms with Crippen molar-refractivity contribution in [1.82, 2.24) is 0 Å². The smallest absolute Gasteiger partial charge is 0.0722 e. The molecule has 5 rings (SSSR count). The average Bonchev–Trinajstić information content (AvgIpc) is 3.14.